The molecule has 1 amide bonds. The van der Waals surface area contributed by atoms with Crippen LogP contribution in [0.15, 0.2) is 6.33 Å². The largest absolute Gasteiger partial charge is 0.479 e. The van der Waals surface area contributed by atoms with Crippen molar-refractivity contribution < 1.29 is 14.7 Å². The molecule has 24 heavy (non-hydrogen) atoms. The summed E-state index contributed by atoms with van der Waals surface area (Å²) in [5, 5.41) is 13.9. The van der Waals surface area contributed by atoms with Gasteiger partial charge in [0.1, 0.15) is 0 Å². The maximum absolute atomic E-state index is 12.6. The number of carbonyl (C=O) groups is 2. The fraction of sp³-hybridized carbons (Fsp3) is 0.500. The van der Waals surface area contributed by atoms with Crippen molar-refractivity contribution in [2.75, 3.05) is 6.54 Å². The molecule has 0 unspecified atom stereocenters. The SMILES string of the molecule is Cc1nn(C)c(C)c1CCC(=O)N1CCc2[nH]cnc2[C@@H]1C(=O)O. The summed E-state index contributed by atoms with van der Waals surface area (Å²) in [6, 6.07) is -1.01. The molecular weight excluding hydrogens is 310 g/mol. The number of aromatic nitrogens is 4. The molecule has 8 heteroatoms. The van der Waals surface area contributed by atoms with E-state index in [1.807, 2.05) is 20.9 Å². The van der Waals surface area contributed by atoms with E-state index in [2.05, 4.69) is 15.1 Å². The second kappa shape index (κ2) is 6.10. The molecule has 8 nitrogen and oxygen atoms in total. The maximum atomic E-state index is 12.6. The van der Waals surface area contributed by atoms with E-state index >= 15 is 0 Å². The minimum Gasteiger partial charge on any atom is -0.479 e. The number of carboxylic acids is 1. The van der Waals surface area contributed by atoms with Gasteiger partial charge in [-0.15, -0.1) is 0 Å². The number of aryl methyl sites for hydroxylation is 2. The zero-order valence-corrected chi connectivity index (χ0v) is 14.0. The van der Waals surface area contributed by atoms with Gasteiger partial charge in [-0.2, -0.15) is 5.10 Å². The molecule has 1 atom stereocenters. The molecule has 0 spiro atoms. The Bertz CT molecular complexity index is 792. The number of H-pyrrole nitrogens is 1. The van der Waals surface area contributed by atoms with E-state index in [1.165, 1.54) is 11.2 Å². The van der Waals surface area contributed by atoms with E-state index < -0.39 is 12.0 Å². The predicted octanol–water partition coefficient (Wildman–Crippen LogP) is 0.903. The lowest BCUT2D eigenvalue weighted by Crippen LogP contribution is -2.43. The number of nitrogens with zero attached hydrogens (tertiary/aromatic N) is 4. The Balaban J connectivity index is 1.76. The summed E-state index contributed by atoms with van der Waals surface area (Å²) in [6.07, 6.45) is 2.89. The van der Waals surface area contributed by atoms with Crippen molar-refractivity contribution in [1.82, 2.24) is 24.6 Å². The first kappa shape index (κ1) is 16.2. The van der Waals surface area contributed by atoms with Crippen LogP contribution in [-0.4, -0.2) is 48.2 Å². The third-order valence-electron chi connectivity index (χ3n) is 4.73. The summed E-state index contributed by atoms with van der Waals surface area (Å²) in [5.41, 5.74) is 4.23. The zero-order chi connectivity index (χ0) is 17.4. The van der Waals surface area contributed by atoms with E-state index in [9.17, 15) is 14.7 Å². The molecular formula is C16H21N5O3. The van der Waals surface area contributed by atoms with Crippen LogP contribution < -0.4 is 0 Å². The number of carboxylic acid groups (broad SMARTS) is 1. The number of imidazole rings is 1. The standard InChI is InChI=1S/C16H21N5O3/c1-9-11(10(2)20(3)19-9)4-5-13(22)21-7-6-12-14(18-8-17-12)15(21)16(23)24/h8,15H,4-7H2,1-3H3,(H,17,18)(H,23,24)/t15-/m1/s1. The van der Waals surface area contributed by atoms with Gasteiger partial charge in [-0.3, -0.25) is 9.48 Å². The summed E-state index contributed by atoms with van der Waals surface area (Å²) >= 11 is 0. The minimum atomic E-state index is -1.05. The Labute approximate surface area is 139 Å². The van der Waals surface area contributed by atoms with Crippen LogP contribution in [0.2, 0.25) is 0 Å². The van der Waals surface area contributed by atoms with Gasteiger partial charge in [-0.25, -0.2) is 9.78 Å². The second-order valence-corrected chi connectivity index (χ2v) is 6.12. The molecule has 3 rings (SSSR count). The number of carbonyl (C=O) groups excluding carboxylic acids is 1. The normalized spacial score (nSPS) is 17.0. The van der Waals surface area contributed by atoms with Crippen LogP contribution >= 0.6 is 0 Å². The molecule has 0 fully saturated rings. The topological polar surface area (TPSA) is 104 Å². The first-order chi connectivity index (χ1) is 11.4. The van der Waals surface area contributed by atoms with E-state index in [1.54, 1.807) is 4.68 Å². The molecule has 2 N–H and O–H groups in total. The fourth-order valence-corrected chi connectivity index (χ4v) is 3.35. The number of amides is 1. The zero-order valence-electron chi connectivity index (χ0n) is 14.0. The number of aliphatic carboxylic acids is 1. The fourth-order valence-electron chi connectivity index (χ4n) is 3.35. The smallest absolute Gasteiger partial charge is 0.332 e. The summed E-state index contributed by atoms with van der Waals surface area (Å²) in [6.45, 7) is 4.27. The molecule has 2 aromatic heterocycles. The molecule has 0 saturated carbocycles. The first-order valence-electron chi connectivity index (χ1n) is 7.93. The molecule has 0 saturated heterocycles. The molecule has 0 bridgehead atoms. The van der Waals surface area contributed by atoms with Crippen molar-refractivity contribution in [3.8, 4) is 0 Å². The van der Waals surface area contributed by atoms with Gasteiger partial charge in [0.05, 0.1) is 17.7 Å². The quantitative estimate of drug-likeness (QED) is 0.866. The molecule has 1 aliphatic rings. The van der Waals surface area contributed by atoms with Gasteiger partial charge in [0.2, 0.25) is 5.91 Å². The molecule has 1 aliphatic heterocycles. The molecule has 0 aromatic carbocycles. The summed E-state index contributed by atoms with van der Waals surface area (Å²) < 4.78 is 1.80. The van der Waals surface area contributed by atoms with Crippen molar-refractivity contribution in [1.29, 1.82) is 0 Å². The number of hydrogen-bond donors (Lipinski definition) is 2. The van der Waals surface area contributed by atoms with Gasteiger partial charge in [-0.1, -0.05) is 0 Å². The third-order valence-corrected chi connectivity index (χ3v) is 4.73. The third kappa shape index (κ3) is 2.68. The van der Waals surface area contributed by atoms with E-state index in [-0.39, 0.29) is 12.3 Å². The molecule has 3 heterocycles. The van der Waals surface area contributed by atoms with E-state index in [0.29, 0.717) is 25.1 Å². The number of nitrogens with one attached hydrogen (secondary N) is 1. The Morgan fingerprint density at radius 1 is 1.42 bits per heavy atom. The lowest BCUT2D eigenvalue weighted by molar-refractivity contribution is -0.151. The monoisotopic (exact) mass is 331 g/mol. The molecule has 128 valence electrons. The highest BCUT2D eigenvalue weighted by atomic mass is 16.4. The van der Waals surface area contributed by atoms with E-state index in [4.69, 9.17) is 0 Å². The average molecular weight is 331 g/mol. The highest BCUT2D eigenvalue weighted by Crippen LogP contribution is 2.28. The lowest BCUT2D eigenvalue weighted by atomic mass is 10.0. The van der Waals surface area contributed by atoms with Gasteiger partial charge in [-0.05, 0) is 25.8 Å². The van der Waals surface area contributed by atoms with Crippen LogP contribution in [0.1, 0.15) is 40.8 Å². The van der Waals surface area contributed by atoms with Gasteiger partial charge >= 0.3 is 5.97 Å². The Hall–Kier alpha value is -2.64. The van der Waals surface area contributed by atoms with E-state index in [0.717, 1.165) is 22.6 Å². The van der Waals surface area contributed by atoms with Crippen molar-refractivity contribution in [3.05, 3.63) is 34.7 Å². The van der Waals surface area contributed by atoms with Crippen LogP contribution in [0.25, 0.3) is 0 Å². The average Bonchev–Trinajstić information content (AvgIpc) is 3.09. The van der Waals surface area contributed by atoms with Gasteiger partial charge in [0.25, 0.3) is 0 Å². The summed E-state index contributed by atoms with van der Waals surface area (Å²) in [5.74, 6) is -1.22. The van der Waals surface area contributed by atoms with Crippen molar-refractivity contribution in [2.24, 2.45) is 7.05 Å². The van der Waals surface area contributed by atoms with Crippen LogP contribution in [0.4, 0.5) is 0 Å². The highest BCUT2D eigenvalue weighted by molar-refractivity contribution is 5.85. The Morgan fingerprint density at radius 3 is 2.79 bits per heavy atom. The minimum absolute atomic E-state index is 0.168. The Kier molecular flexibility index (Phi) is 4.13. The summed E-state index contributed by atoms with van der Waals surface area (Å²) in [4.78, 5) is 32.8. The predicted molar refractivity (Wildman–Crippen MR) is 85.4 cm³/mol. The molecule has 2 aromatic rings. The summed E-state index contributed by atoms with van der Waals surface area (Å²) in [7, 11) is 1.87. The van der Waals surface area contributed by atoms with Crippen LogP contribution in [0.5, 0.6) is 0 Å². The van der Waals surface area contributed by atoms with Crippen LogP contribution in [0.3, 0.4) is 0 Å². The molecule has 0 radical (unpaired) electrons. The maximum Gasteiger partial charge on any atom is 0.332 e. The second-order valence-electron chi connectivity index (χ2n) is 6.12. The van der Waals surface area contributed by atoms with Gasteiger partial charge in [0, 0.05) is 37.8 Å². The first-order valence-corrected chi connectivity index (χ1v) is 7.93. The Morgan fingerprint density at radius 2 is 2.17 bits per heavy atom. The number of hydrogen-bond acceptors (Lipinski definition) is 4. The van der Waals surface area contributed by atoms with Crippen LogP contribution in [0, 0.1) is 13.8 Å². The molecule has 0 aliphatic carbocycles. The number of fused-ring (bicyclic) bond motifs is 1. The van der Waals surface area contributed by atoms with Crippen molar-refractivity contribution >= 4 is 11.9 Å². The number of rotatable bonds is 4. The number of aromatic amines is 1. The van der Waals surface area contributed by atoms with Crippen molar-refractivity contribution in [3.63, 3.8) is 0 Å². The lowest BCUT2D eigenvalue weighted by Gasteiger charge is -2.32. The van der Waals surface area contributed by atoms with Crippen LogP contribution in [-0.2, 0) is 29.5 Å². The van der Waals surface area contributed by atoms with Crippen molar-refractivity contribution in [2.45, 2.75) is 39.2 Å². The van der Waals surface area contributed by atoms with Gasteiger partial charge in [0.15, 0.2) is 6.04 Å². The highest BCUT2D eigenvalue weighted by Gasteiger charge is 2.37. The van der Waals surface area contributed by atoms with Gasteiger partial charge < -0.3 is 15.0 Å².